The van der Waals surface area contributed by atoms with Gasteiger partial charge in [-0.1, -0.05) is 12.1 Å². The number of aryl methyl sites for hydroxylation is 1. The van der Waals surface area contributed by atoms with Crippen molar-refractivity contribution in [1.82, 2.24) is 0 Å². The first-order chi connectivity index (χ1) is 10.0. The van der Waals surface area contributed by atoms with E-state index in [1.165, 1.54) is 37.4 Å². The van der Waals surface area contributed by atoms with Crippen molar-refractivity contribution in [2.24, 2.45) is 0 Å². The molecular formula is C16H15F2NO2. The van der Waals surface area contributed by atoms with Gasteiger partial charge in [-0.2, -0.15) is 0 Å². The van der Waals surface area contributed by atoms with Gasteiger partial charge in [0.1, 0.15) is 11.6 Å². The number of methoxy groups -OCH3 is 1. The van der Waals surface area contributed by atoms with Gasteiger partial charge in [0.2, 0.25) is 0 Å². The Kier molecular flexibility index (Phi) is 4.52. The summed E-state index contributed by atoms with van der Waals surface area (Å²) < 4.78 is 31.4. The Morgan fingerprint density at radius 3 is 2.52 bits per heavy atom. The van der Waals surface area contributed by atoms with Gasteiger partial charge in [0, 0.05) is 5.69 Å². The maximum Gasteiger partial charge on any atom is 0.333 e. The van der Waals surface area contributed by atoms with E-state index in [0.29, 0.717) is 11.3 Å². The fourth-order valence-corrected chi connectivity index (χ4v) is 2.05. The van der Waals surface area contributed by atoms with Crippen LogP contribution in [-0.4, -0.2) is 13.1 Å². The molecule has 1 N–H and O–H groups in total. The van der Waals surface area contributed by atoms with Crippen molar-refractivity contribution in [3.63, 3.8) is 0 Å². The third kappa shape index (κ3) is 3.56. The van der Waals surface area contributed by atoms with E-state index in [-0.39, 0.29) is 0 Å². The fraction of sp³-hybridized carbons (Fsp3) is 0.188. The zero-order valence-corrected chi connectivity index (χ0v) is 11.7. The number of esters is 1. The average Bonchev–Trinajstić information content (AvgIpc) is 2.47. The predicted molar refractivity (Wildman–Crippen MR) is 75.9 cm³/mol. The molecule has 2 rings (SSSR count). The molecule has 0 aromatic heterocycles. The Morgan fingerprint density at radius 1 is 1.14 bits per heavy atom. The summed E-state index contributed by atoms with van der Waals surface area (Å²) in [4.78, 5) is 12.0. The first-order valence-corrected chi connectivity index (χ1v) is 6.37. The minimum Gasteiger partial charge on any atom is -0.467 e. The van der Waals surface area contributed by atoms with Crippen LogP contribution in [0, 0.1) is 18.6 Å². The molecular weight excluding hydrogens is 276 g/mol. The maximum absolute atomic E-state index is 13.4. The van der Waals surface area contributed by atoms with E-state index in [1.807, 2.05) is 0 Å². The lowest BCUT2D eigenvalue weighted by molar-refractivity contribution is -0.141. The Hall–Kier alpha value is -2.43. The second kappa shape index (κ2) is 6.35. The van der Waals surface area contributed by atoms with Crippen LogP contribution in [0.25, 0.3) is 0 Å². The van der Waals surface area contributed by atoms with Crippen LogP contribution in [0.3, 0.4) is 0 Å². The van der Waals surface area contributed by atoms with E-state index in [4.69, 9.17) is 4.74 Å². The summed E-state index contributed by atoms with van der Waals surface area (Å²) in [6.45, 7) is 1.76. The number of halogens is 2. The predicted octanol–water partition coefficient (Wildman–Crippen LogP) is 3.60. The summed E-state index contributed by atoms with van der Waals surface area (Å²) in [5.41, 5.74) is 1.59. The summed E-state index contributed by atoms with van der Waals surface area (Å²) in [6, 6.07) is 8.94. The van der Waals surface area contributed by atoms with Crippen molar-refractivity contribution in [2.75, 3.05) is 12.4 Å². The topological polar surface area (TPSA) is 38.3 Å². The minimum absolute atomic E-state index is 0.411. The molecule has 0 amide bonds. The van der Waals surface area contributed by atoms with E-state index in [9.17, 15) is 13.6 Å². The smallest absolute Gasteiger partial charge is 0.333 e. The molecule has 3 nitrogen and oxygen atoms in total. The molecule has 2 aromatic rings. The van der Waals surface area contributed by atoms with Crippen LogP contribution < -0.4 is 5.32 Å². The number of hydrogen-bond donors (Lipinski definition) is 1. The van der Waals surface area contributed by atoms with Crippen molar-refractivity contribution < 1.29 is 18.3 Å². The molecule has 0 aliphatic carbocycles. The molecule has 21 heavy (non-hydrogen) atoms. The van der Waals surface area contributed by atoms with Crippen LogP contribution in [0.2, 0.25) is 0 Å². The van der Waals surface area contributed by atoms with Gasteiger partial charge in [-0.15, -0.1) is 0 Å². The number of carbonyl (C=O) groups excluding carboxylic acids is 1. The van der Waals surface area contributed by atoms with E-state index in [1.54, 1.807) is 19.1 Å². The Balaban J connectivity index is 2.39. The summed E-state index contributed by atoms with van der Waals surface area (Å²) in [5, 5.41) is 2.87. The molecule has 110 valence electrons. The number of hydrogen-bond acceptors (Lipinski definition) is 3. The first-order valence-electron chi connectivity index (χ1n) is 6.37. The lowest BCUT2D eigenvalue weighted by Gasteiger charge is -2.20. The fourth-order valence-electron chi connectivity index (χ4n) is 2.05. The molecule has 1 unspecified atom stereocenters. The number of rotatable bonds is 4. The maximum atomic E-state index is 13.4. The monoisotopic (exact) mass is 291 g/mol. The highest BCUT2D eigenvalue weighted by molar-refractivity contribution is 5.81. The van der Waals surface area contributed by atoms with Crippen molar-refractivity contribution in [2.45, 2.75) is 13.0 Å². The van der Waals surface area contributed by atoms with Crippen LogP contribution in [0.5, 0.6) is 0 Å². The van der Waals surface area contributed by atoms with Gasteiger partial charge in [0.05, 0.1) is 7.11 Å². The molecule has 0 heterocycles. The molecule has 0 aliphatic rings. The standard InChI is InChI=1S/C16H15F2NO2/c1-10-6-7-12(18)9-14(10)15(16(20)21-2)19-13-5-3-4-11(17)8-13/h3-9,15,19H,1-2H3. The third-order valence-electron chi connectivity index (χ3n) is 3.12. The third-order valence-corrected chi connectivity index (χ3v) is 3.12. The molecule has 0 spiro atoms. The van der Waals surface area contributed by atoms with Gasteiger partial charge >= 0.3 is 5.97 Å². The van der Waals surface area contributed by atoms with Crippen LogP contribution in [0.1, 0.15) is 17.2 Å². The van der Waals surface area contributed by atoms with E-state index in [0.717, 1.165) is 5.56 Å². The van der Waals surface area contributed by atoms with Crippen molar-refractivity contribution in [1.29, 1.82) is 0 Å². The van der Waals surface area contributed by atoms with E-state index in [2.05, 4.69) is 5.32 Å². The second-order valence-corrected chi connectivity index (χ2v) is 4.61. The molecule has 0 saturated heterocycles. The number of nitrogens with one attached hydrogen (secondary N) is 1. The molecule has 2 aromatic carbocycles. The van der Waals surface area contributed by atoms with Crippen molar-refractivity contribution >= 4 is 11.7 Å². The van der Waals surface area contributed by atoms with Gasteiger partial charge in [0.25, 0.3) is 0 Å². The zero-order valence-electron chi connectivity index (χ0n) is 11.7. The number of benzene rings is 2. The van der Waals surface area contributed by atoms with Gasteiger partial charge in [-0.25, -0.2) is 13.6 Å². The number of anilines is 1. The Morgan fingerprint density at radius 2 is 1.86 bits per heavy atom. The van der Waals surface area contributed by atoms with Crippen LogP contribution in [0.4, 0.5) is 14.5 Å². The Bertz CT molecular complexity index is 658. The van der Waals surface area contributed by atoms with Crippen molar-refractivity contribution in [3.8, 4) is 0 Å². The molecule has 0 aliphatic heterocycles. The highest BCUT2D eigenvalue weighted by atomic mass is 19.1. The quantitative estimate of drug-likeness (QED) is 0.875. The highest BCUT2D eigenvalue weighted by Gasteiger charge is 2.23. The van der Waals surface area contributed by atoms with Gasteiger partial charge in [-0.05, 0) is 48.4 Å². The summed E-state index contributed by atoms with van der Waals surface area (Å²) in [6.07, 6.45) is 0. The lowest BCUT2D eigenvalue weighted by Crippen LogP contribution is -2.23. The molecule has 5 heteroatoms. The van der Waals surface area contributed by atoms with Gasteiger partial charge < -0.3 is 10.1 Å². The van der Waals surface area contributed by atoms with Crippen molar-refractivity contribution in [3.05, 3.63) is 65.2 Å². The summed E-state index contributed by atoms with van der Waals surface area (Å²) >= 11 is 0. The van der Waals surface area contributed by atoms with E-state index < -0.39 is 23.6 Å². The van der Waals surface area contributed by atoms with Gasteiger partial charge in [-0.3, -0.25) is 0 Å². The zero-order chi connectivity index (χ0) is 15.4. The molecule has 1 atom stereocenters. The molecule has 0 bridgehead atoms. The SMILES string of the molecule is COC(=O)C(Nc1cccc(F)c1)c1cc(F)ccc1C. The van der Waals surface area contributed by atoms with Crippen LogP contribution >= 0.6 is 0 Å². The average molecular weight is 291 g/mol. The van der Waals surface area contributed by atoms with E-state index >= 15 is 0 Å². The van der Waals surface area contributed by atoms with Crippen LogP contribution in [-0.2, 0) is 9.53 Å². The minimum atomic E-state index is -0.910. The summed E-state index contributed by atoms with van der Waals surface area (Å²) in [5.74, 6) is -1.46. The lowest BCUT2D eigenvalue weighted by atomic mass is 10.0. The number of ether oxygens (including phenoxy) is 1. The molecule has 0 fully saturated rings. The first kappa shape index (κ1) is 15.0. The van der Waals surface area contributed by atoms with Crippen LogP contribution in [0.15, 0.2) is 42.5 Å². The van der Waals surface area contributed by atoms with Gasteiger partial charge in [0.15, 0.2) is 6.04 Å². The summed E-state index contributed by atoms with van der Waals surface area (Å²) in [7, 11) is 1.25. The Labute approximate surface area is 121 Å². The number of carbonyl (C=O) groups is 1. The highest BCUT2D eigenvalue weighted by Crippen LogP contribution is 2.25. The molecule has 0 saturated carbocycles. The largest absolute Gasteiger partial charge is 0.467 e. The second-order valence-electron chi connectivity index (χ2n) is 4.61. The normalized spacial score (nSPS) is 11.8. The molecule has 0 radical (unpaired) electrons.